The number of hydrogen-bond acceptors (Lipinski definition) is 3. The van der Waals surface area contributed by atoms with Crippen molar-refractivity contribution in [2.45, 2.75) is 64.3 Å². The Balaban J connectivity index is 1.93. The van der Waals surface area contributed by atoms with E-state index in [1.165, 1.54) is 19.1 Å². The molecule has 0 bridgehead atoms. The summed E-state index contributed by atoms with van der Waals surface area (Å²) >= 11 is 0. The van der Waals surface area contributed by atoms with Gasteiger partial charge in [-0.3, -0.25) is 0 Å². The Morgan fingerprint density at radius 1 is 1.20 bits per heavy atom. The number of piperidine rings is 1. The third-order valence-electron chi connectivity index (χ3n) is 5.25. The van der Waals surface area contributed by atoms with Crippen LogP contribution in [-0.4, -0.2) is 37.6 Å². The lowest BCUT2D eigenvalue weighted by atomic mass is 9.67. The largest absolute Gasteiger partial charge is 0.325 e. The van der Waals surface area contributed by atoms with Gasteiger partial charge >= 0.3 is 0 Å². The highest BCUT2D eigenvalue weighted by Gasteiger charge is 2.38. The van der Waals surface area contributed by atoms with Gasteiger partial charge in [-0.1, -0.05) is 13.8 Å². The molecule has 20 heavy (non-hydrogen) atoms. The van der Waals surface area contributed by atoms with E-state index >= 15 is 0 Å². The fourth-order valence-corrected chi connectivity index (χ4v) is 4.64. The molecule has 1 unspecified atom stereocenters. The molecule has 0 amide bonds. The Bertz CT molecular complexity index is 435. The molecule has 1 heterocycles. The Labute approximate surface area is 124 Å². The molecule has 0 spiro atoms. The lowest BCUT2D eigenvalue weighted by Crippen LogP contribution is -2.49. The van der Waals surface area contributed by atoms with Crippen LogP contribution in [0.4, 0.5) is 0 Å². The normalized spacial score (nSPS) is 31.1. The summed E-state index contributed by atoms with van der Waals surface area (Å²) < 4.78 is 25.0. The molecule has 0 aromatic carbocycles. The van der Waals surface area contributed by atoms with Crippen LogP contribution in [0.25, 0.3) is 0 Å². The van der Waals surface area contributed by atoms with Crippen molar-refractivity contribution in [1.29, 1.82) is 0 Å². The molecule has 2 aliphatic rings. The van der Waals surface area contributed by atoms with Crippen molar-refractivity contribution in [2.75, 3.05) is 19.3 Å². The second kappa shape index (κ2) is 5.58. The number of nitrogens with two attached hydrogens (primary N) is 1. The van der Waals surface area contributed by atoms with Crippen LogP contribution in [0.15, 0.2) is 0 Å². The number of rotatable bonds is 3. The van der Waals surface area contributed by atoms with Crippen LogP contribution in [0.3, 0.4) is 0 Å². The molecule has 1 aliphatic heterocycles. The zero-order valence-corrected chi connectivity index (χ0v) is 14.0. The van der Waals surface area contributed by atoms with E-state index in [1.54, 1.807) is 4.31 Å². The maximum absolute atomic E-state index is 11.7. The summed E-state index contributed by atoms with van der Waals surface area (Å²) in [5.74, 6) is 0.435. The number of nitrogens with zero attached hydrogens (tertiary/aromatic N) is 1. The van der Waals surface area contributed by atoms with Gasteiger partial charge < -0.3 is 5.73 Å². The van der Waals surface area contributed by atoms with E-state index in [0.717, 1.165) is 32.1 Å². The SMILES string of the molecule is CC1(C)CCC(N)(CC2CCCN(S(C)(=O)=O)C2)CC1. The van der Waals surface area contributed by atoms with Gasteiger partial charge in [0, 0.05) is 18.6 Å². The average molecular weight is 302 g/mol. The van der Waals surface area contributed by atoms with Crippen LogP contribution in [-0.2, 0) is 10.0 Å². The third-order valence-corrected chi connectivity index (χ3v) is 6.51. The standard InChI is InChI=1S/C15H30N2O2S/c1-14(2)6-8-15(16,9-7-14)11-13-5-4-10-17(12-13)20(3,18)19/h13H,4-12,16H2,1-3H3. The van der Waals surface area contributed by atoms with Gasteiger partial charge in [0.05, 0.1) is 6.26 Å². The Morgan fingerprint density at radius 3 is 2.35 bits per heavy atom. The highest BCUT2D eigenvalue weighted by molar-refractivity contribution is 7.88. The van der Waals surface area contributed by atoms with Crippen molar-refractivity contribution in [3.05, 3.63) is 0 Å². The zero-order chi connectivity index (χ0) is 15.0. The van der Waals surface area contributed by atoms with Crippen LogP contribution >= 0.6 is 0 Å². The topological polar surface area (TPSA) is 63.4 Å². The molecule has 1 aliphatic carbocycles. The van der Waals surface area contributed by atoms with Crippen molar-refractivity contribution in [2.24, 2.45) is 17.1 Å². The molecule has 2 fully saturated rings. The average Bonchev–Trinajstić information content (AvgIpc) is 2.33. The van der Waals surface area contributed by atoms with Gasteiger partial charge in [0.15, 0.2) is 0 Å². The van der Waals surface area contributed by atoms with E-state index < -0.39 is 10.0 Å². The second-order valence-electron chi connectivity index (χ2n) is 7.86. The van der Waals surface area contributed by atoms with Crippen molar-refractivity contribution in [3.63, 3.8) is 0 Å². The van der Waals surface area contributed by atoms with Gasteiger partial charge in [-0.05, 0) is 56.3 Å². The highest BCUT2D eigenvalue weighted by Crippen LogP contribution is 2.42. The summed E-state index contributed by atoms with van der Waals surface area (Å²) in [7, 11) is -3.05. The van der Waals surface area contributed by atoms with Crippen LogP contribution in [0.1, 0.15) is 58.8 Å². The summed E-state index contributed by atoms with van der Waals surface area (Å²) in [5.41, 5.74) is 6.95. The Morgan fingerprint density at radius 2 is 1.80 bits per heavy atom. The fourth-order valence-electron chi connectivity index (χ4n) is 3.70. The number of hydrogen-bond donors (Lipinski definition) is 1. The summed E-state index contributed by atoms with van der Waals surface area (Å²) in [6, 6.07) is 0. The first kappa shape index (κ1) is 16.2. The van der Waals surface area contributed by atoms with E-state index in [4.69, 9.17) is 5.73 Å². The fraction of sp³-hybridized carbons (Fsp3) is 1.00. The Kier molecular flexibility index (Phi) is 4.53. The molecular weight excluding hydrogens is 272 g/mol. The number of sulfonamides is 1. The maximum atomic E-state index is 11.7. The third kappa shape index (κ3) is 4.18. The molecule has 2 N–H and O–H groups in total. The highest BCUT2D eigenvalue weighted by atomic mass is 32.2. The predicted octanol–water partition coefficient (Wildman–Crippen LogP) is 2.35. The maximum Gasteiger partial charge on any atom is 0.211 e. The van der Waals surface area contributed by atoms with Crippen molar-refractivity contribution < 1.29 is 8.42 Å². The Hall–Kier alpha value is -0.130. The molecular formula is C15H30N2O2S. The van der Waals surface area contributed by atoms with E-state index in [9.17, 15) is 8.42 Å². The molecule has 1 saturated carbocycles. The van der Waals surface area contributed by atoms with Crippen LogP contribution in [0.5, 0.6) is 0 Å². The molecule has 0 aromatic rings. The summed E-state index contributed by atoms with van der Waals surface area (Å²) in [6.45, 7) is 5.98. The molecule has 118 valence electrons. The predicted molar refractivity (Wildman–Crippen MR) is 82.9 cm³/mol. The molecule has 4 nitrogen and oxygen atoms in total. The minimum atomic E-state index is -3.05. The minimum Gasteiger partial charge on any atom is -0.325 e. The summed E-state index contributed by atoms with van der Waals surface area (Å²) in [5, 5.41) is 0. The first-order chi connectivity index (χ1) is 9.10. The molecule has 1 atom stereocenters. The van der Waals surface area contributed by atoms with E-state index in [2.05, 4.69) is 13.8 Å². The lowest BCUT2D eigenvalue weighted by Gasteiger charge is -2.44. The molecule has 1 saturated heterocycles. The minimum absolute atomic E-state index is 0.0687. The van der Waals surface area contributed by atoms with Crippen LogP contribution in [0.2, 0.25) is 0 Å². The van der Waals surface area contributed by atoms with Gasteiger partial charge in [0.2, 0.25) is 10.0 Å². The molecule has 0 aromatic heterocycles. The monoisotopic (exact) mass is 302 g/mol. The van der Waals surface area contributed by atoms with E-state index in [0.29, 0.717) is 24.4 Å². The van der Waals surface area contributed by atoms with Crippen LogP contribution in [0, 0.1) is 11.3 Å². The van der Waals surface area contributed by atoms with Crippen molar-refractivity contribution in [3.8, 4) is 0 Å². The zero-order valence-electron chi connectivity index (χ0n) is 13.2. The van der Waals surface area contributed by atoms with E-state index in [1.807, 2.05) is 0 Å². The van der Waals surface area contributed by atoms with Gasteiger partial charge in [0.1, 0.15) is 0 Å². The van der Waals surface area contributed by atoms with Gasteiger partial charge in [-0.15, -0.1) is 0 Å². The molecule has 0 radical (unpaired) electrons. The molecule has 5 heteroatoms. The smallest absolute Gasteiger partial charge is 0.211 e. The van der Waals surface area contributed by atoms with Crippen LogP contribution < -0.4 is 5.73 Å². The van der Waals surface area contributed by atoms with Crippen molar-refractivity contribution >= 4 is 10.0 Å². The first-order valence-corrected chi connectivity index (χ1v) is 9.69. The van der Waals surface area contributed by atoms with Gasteiger partial charge in [-0.25, -0.2) is 12.7 Å². The van der Waals surface area contributed by atoms with E-state index in [-0.39, 0.29) is 5.54 Å². The molecule has 2 rings (SSSR count). The summed E-state index contributed by atoms with van der Waals surface area (Å²) in [6.07, 6.45) is 8.92. The quantitative estimate of drug-likeness (QED) is 0.870. The lowest BCUT2D eigenvalue weighted by molar-refractivity contribution is 0.126. The van der Waals surface area contributed by atoms with Gasteiger partial charge in [-0.2, -0.15) is 0 Å². The second-order valence-corrected chi connectivity index (χ2v) is 9.84. The van der Waals surface area contributed by atoms with Crippen molar-refractivity contribution in [1.82, 2.24) is 4.31 Å². The summed E-state index contributed by atoms with van der Waals surface area (Å²) in [4.78, 5) is 0. The first-order valence-electron chi connectivity index (χ1n) is 7.84. The van der Waals surface area contributed by atoms with Gasteiger partial charge in [0.25, 0.3) is 0 Å².